The summed E-state index contributed by atoms with van der Waals surface area (Å²) in [4.78, 5) is 24.2. The number of ether oxygens (including phenoxy) is 1. The summed E-state index contributed by atoms with van der Waals surface area (Å²) < 4.78 is 4.82. The Morgan fingerprint density at radius 3 is 2.42 bits per heavy atom. The van der Waals surface area contributed by atoms with Gasteiger partial charge in [0.25, 0.3) is 0 Å². The Balaban J connectivity index is 1.95. The van der Waals surface area contributed by atoms with Gasteiger partial charge in [-0.05, 0) is 24.5 Å². The molecule has 0 aliphatic rings. The van der Waals surface area contributed by atoms with Gasteiger partial charge in [0.05, 0.1) is 7.11 Å². The van der Waals surface area contributed by atoms with E-state index in [1.165, 1.54) is 7.11 Å². The fraction of sp³-hybridized carbons (Fsp3) is 0.300. The Labute approximate surface area is 142 Å². The summed E-state index contributed by atoms with van der Waals surface area (Å²) in [5.74, 6) is -0.577. The van der Waals surface area contributed by atoms with Crippen LogP contribution in [0.25, 0.3) is 0 Å². The highest BCUT2D eigenvalue weighted by atomic mass is 16.5. The Morgan fingerprint density at radius 2 is 1.75 bits per heavy atom. The van der Waals surface area contributed by atoms with E-state index in [1.807, 2.05) is 61.5 Å². The fourth-order valence-electron chi connectivity index (χ4n) is 2.58. The summed E-state index contributed by atoms with van der Waals surface area (Å²) in [6.45, 7) is 2.00. The number of hydrogen-bond acceptors (Lipinski definition) is 3. The van der Waals surface area contributed by atoms with E-state index in [0.717, 1.165) is 16.7 Å². The molecule has 0 saturated heterocycles. The van der Waals surface area contributed by atoms with Crippen LogP contribution in [0.15, 0.2) is 54.6 Å². The molecule has 0 bridgehead atoms. The average molecular weight is 325 g/mol. The molecule has 0 aliphatic carbocycles. The van der Waals surface area contributed by atoms with Gasteiger partial charge in [-0.2, -0.15) is 0 Å². The van der Waals surface area contributed by atoms with Gasteiger partial charge in [-0.15, -0.1) is 0 Å². The molecule has 1 atom stereocenters. The predicted molar refractivity (Wildman–Crippen MR) is 93.6 cm³/mol. The molecule has 0 fully saturated rings. The van der Waals surface area contributed by atoms with Crippen molar-refractivity contribution in [3.05, 3.63) is 71.3 Å². The molecule has 0 aliphatic heterocycles. The number of rotatable bonds is 7. The highest BCUT2D eigenvalue weighted by molar-refractivity contribution is 5.84. The van der Waals surface area contributed by atoms with Crippen LogP contribution in [-0.4, -0.2) is 25.0 Å². The van der Waals surface area contributed by atoms with Crippen LogP contribution in [0.2, 0.25) is 0 Å². The number of nitrogens with one attached hydrogen (secondary N) is 1. The summed E-state index contributed by atoms with van der Waals surface area (Å²) in [5.41, 5.74) is 3.21. The van der Waals surface area contributed by atoms with Crippen LogP contribution in [0, 0.1) is 6.92 Å². The third-order valence-corrected chi connectivity index (χ3v) is 3.83. The molecule has 126 valence electrons. The lowest BCUT2D eigenvalue weighted by atomic mass is 10.0. The quantitative estimate of drug-likeness (QED) is 0.797. The molecule has 1 N–H and O–H groups in total. The highest BCUT2D eigenvalue weighted by Gasteiger charge is 2.21. The molecule has 2 aromatic rings. The molecule has 2 rings (SSSR count). The van der Waals surface area contributed by atoms with Crippen LogP contribution in [-0.2, 0) is 27.2 Å². The van der Waals surface area contributed by atoms with Gasteiger partial charge in [0.15, 0.2) is 0 Å². The van der Waals surface area contributed by atoms with E-state index < -0.39 is 12.0 Å². The number of benzene rings is 2. The van der Waals surface area contributed by atoms with Gasteiger partial charge >= 0.3 is 5.97 Å². The van der Waals surface area contributed by atoms with Crippen LogP contribution < -0.4 is 5.32 Å². The molecule has 1 amide bonds. The first-order valence-corrected chi connectivity index (χ1v) is 8.05. The topological polar surface area (TPSA) is 55.4 Å². The first-order valence-electron chi connectivity index (χ1n) is 8.05. The van der Waals surface area contributed by atoms with Crippen molar-refractivity contribution in [2.75, 3.05) is 7.11 Å². The van der Waals surface area contributed by atoms with E-state index >= 15 is 0 Å². The third kappa shape index (κ3) is 5.54. The normalized spacial score (nSPS) is 11.6. The lowest BCUT2D eigenvalue weighted by Gasteiger charge is -2.17. The number of hydrogen-bond donors (Lipinski definition) is 1. The smallest absolute Gasteiger partial charge is 0.328 e. The first-order chi connectivity index (χ1) is 11.6. The van der Waals surface area contributed by atoms with Crippen molar-refractivity contribution in [1.82, 2.24) is 5.32 Å². The monoisotopic (exact) mass is 325 g/mol. The largest absolute Gasteiger partial charge is 0.467 e. The van der Waals surface area contributed by atoms with E-state index in [9.17, 15) is 9.59 Å². The van der Waals surface area contributed by atoms with E-state index in [2.05, 4.69) is 5.32 Å². The van der Waals surface area contributed by atoms with E-state index in [0.29, 0.717) is 19.3 Å². The number of aryl methyl sites for hydroxylation is 2. The second kappa shape index (κ2) is 8.87. The predicted octanol–water partition coefficient (Wildman–Crippen LogP) is 2.83. The van der Waals surface area contributed by atoms with Crippen molar-refractivity contribution in [2.45, 2.75) is 32.2 Å². The minimum Gasteiger partial charge on any atom is -0.467 e. The molecular formula is C20H23NO3. The zero-order valence-electron chi connectivity index (χ0n) is 14.1. The second-order valence-electron chi connectivity index (χ2n) is 5.82. The Morgan fingerprint density at radius 1 is 1.04 bits per heavy atom. The minimum absolute atomic E-state index is 0.151. The van der Waals surface area contributed by atoms with E-state index in [4.69, 9.17) is 4.74 Å². The maximum absolute atomic E-state index is 12.2. The van der Waals surface area contributed by atoms with E-state index in [1.54, 1.807) is 0 Å². The molecule has 0 aromatic heterocycles. The van der Waals surface area contributed by atoms with Gasteiger partial charge in [-0.3, -0.25) is 4.79 Å². The van der Waals surface area contributed by atoms with Crippen LogP contribution in [0.5, 0.6) is 0 Å². The van der Waals surface area contributed by atoms with Gasteiger partial charge in [0, 0.05) is 12.8 Å². The van der Waals surface area contributed by atoms with Crippen molar-refractivity contribution < 1.29 is 14.3 Å². The van der Waals surface area contributed by atoms with Crippen LogP contribution >= 0.6 is 0 Å². The molecule has 2 aromatic carbocycles. The maximum Gasteiger partial charge on any atom is 0.328 e. The van der Waals surface area contributed by atoms with Crippen molar-refractivity contribution >= 4 is 11.9 Å². The van der Waals surface area contributed by atoms with Gasteiger partial charge in [0.1, 0.15) is 6.04 Å². The Kier molecular flexibility index (Phi) is 6.55. The van der Waals surface area contributed by atoms with Gasteiger partial charge in [0.2, 0.25) is 5.91 Å². The number of amides is 1. The zero-order chi connectivity index (χ0) is 17.4. The van der Waals surface area contributed by atoms with Crippen molar-refractivity contribution in [1.29, 1.82) is 0 Å². The Hall–Kier alpha value is -2.62. The second-order valence-corrected chi connectivity index (χ2v) is 5.82. The molecule has 4 nitrogen and oxygen atoms in total. The summed E-state index contributed by atoms with van der Waals surface area (Å²) >= 11 is 0. The first kappa shape index (κ1) is 17.7. The minimum atomic E-state index is -0.667. The number of esters is 1. The van der Waals surface area contributed by atoms with Crippen molar-refractivity contribution in [3.8, 4) is 0 Å². The van der Waals surface area contributed by atoms with Gasteiger partial charge in [-0.25, -0.2) is 4.79 Å². The van der Waals surface area contributed by atoms with Crippen LogP contribution in [0.3, 0.4) is 0 Å². The lowest BCUT2D eigenvalue weighted by Crippen LogP contribution is -2.43. The van der Waals surface area contributed by atoms with Crippen molar-refractivity contribution in [2.24, 2.45) is 0 Å². The molecular weight excluding hydrogens is 302 g/mol. The summed E-state index contributed by atoms with van der Waals surface area (Å²) in [5, 5.41) is 2.79. The zero-order valence-corrected chi connectivity index (χ0v) is 14.1. The number of carbonyl (C=O) groups excluding carboxylic acids is 2. The van der Waals surface area contributed by atoms with E-state index in [-0.39, 0.29) is 5.91 Å². The summed E-state index contributed by atoms with van der Waals surface area (Å²) in [6, 6.07) is 17.0. The maximum atomic E-state index is 12.2. The van der Waals surface area contributed by atoms with Gasteiger partial charge in [-0.1, -0.05) is 60.2 Å². The number of methoxy groups -OCH3 is 1. The number of carbonyl (C=O) groups is 2. The third-order valence-electron chi connectivity index (χ3n) is 3.83. The standard InChI is InChI=1S/C20H23NO3/c1-15-7-6-10-17(13-15)14-18(20(23)24-2)21-19(22)12-11-16-8-4-3-5-9-16/h3-10,13,18H,11-12,14H2,1-2H3,(H,21,22)/t18-/m0/s1. The van der Waals surface area contributed by atoms with Crippen LogP contribution in [0.1, 0.15) is 23.1 Å². The molecule has 24 heavy (non-hydrogen) atoms. The average Bonchev–Trinajstić information content (AvgIpc) is 2.59. The molecule has 4 heteroatoms. The van der Waals surface area contributed by atoms with Gasteiger partial charge < -0.3 is 10.1 Å². The van der Waals surface area contributed by atoms with Crippen molar-refractivity contribution in [3.63, 3.8) is 0 Å². The molecule has 0 radical (unpaired) electrons. The fourth-order valence-corrected chi connectivity index (χ4v) is 2.58. The summed E-state index contributed by atoms with van der Waals surface area (Å²) in [7, 11) is 1.34. The van der Waals surface area contributed by atoms with Crippen LogP contribution in [0.4, 0.5) is 0 Å². The lowest BCUT2D eigenvalue weighted by molar-refractivity contribution is -0.145. The SMILES string of the molecule is COC(=O)[C@H](Cc1cccc(C)c1)NC(=O)CCc1ccccc1. The highest BCUT2D eigenvalue weighted by Crippen LogP contribution is 2.09. The molecule has 0 spiro atoms. The molecule has 0 unspecified atom stereocenters. The summed E-state index contributed by atoms with van der Waals surface area (Å²) in [6.07, 6.45) is 1.40. The molecule has 0 heterocycles. The Bertz CT molecular complexity index is 682. The molecule has 0 saturated carbocycles.